The van der Waals surface area contributed by atoms with E-state index in [4.69, 9.17) is 14.2 Å². The van der Waals surface area contributed by atoms with Gasteiger partial charge in [0.25, 0.3) is 5.91 Å². The van der Waals surface area contributed by atoms with Crippen LogP contribution in [0.2, 0.25) is 0 Å². The molecule has 1 aromatic heterocycles. The average molecular weight is 495 g/mol. The summed E-state index contributed by atoms with van der Waals surface area (Å²) in [6, 6.07) is 20.0. The van der Waals surface area contributed by atoms with Crippen LogP contribution < -0.4 is 14.8 Å². The molecular weight excluding hydrogens is 464 g/mol. The zero-order chi connectivity index (χ0) is 24.5. The van der Waals surface area contributed by atoms with Crippen molar-refractivity contribution in [2.75, 3.05) is 26.4 Å². The van der Waals surface area contributed by atoms with E-state index in [1.165, 1.54) is 11.3 Å². The van der Waals surface area contributed by atoms with E-state index in [0.29, 0.717) is 44.2 Å². The van der Waals surface area contributed by atoms with E-state index in [2.05, 4.69) is 5.32 Å². The highest BCUT2D eigenvalue weighted by atomic mass is 32.1. The summed E-state index contributed by atoms with van der Waals surface area (Å²) in [7, 11) is 0. The molecule has 4 rings (SSSR count). The van der Waals surface area contributed by atoms with Gasteiger partial charge in [0.05, 0.1) is 0 Å². The standard InChI is InChI=1S/C27H30N2O5S/c1-2-32-16-9-15-29(27(31)23-19-33-21-12-6-7-13-22(21)34-23)25(24-14-8-17-35-24)26(30)28-18-20-10-4-3-5-11-20/h3-8,10-14,17,23,25H,2,9,15-16,18-19H2,1H3,(H,28,30). The Morgan fingerprint density at radius 3 is 2.60 bits per heavy atom. The van der Waals surface area contributed by atoms with Crippen molar-refractivity contribution >= 4 is 23.2 Å². The van der Waals surface area contributed by atoms with Gasteiger partial charge in [0.1, 0.15) is 12.6 Å². The Hall–Kier alpha value is -3.36. The summed E-state index contributed by atoms with van der Waals surface area (Å²) in [5, 5.41) is 4.92. The van der Waals surface area contributed by atoms with Crippen LogP contribution in [0.4, 0.5) is 0 Å². The van der Waals surface area contributed by atoms with Crippen LogP contribution in [-0.2, 0) is 20.9 Å². The molecule has 7 nitrogen and oxygen atoms in total. The molecule has 2 atom stereocenters. The normalized spacial score (nSPS) is 15.3. The number of benzene rings is 2. The van der Waals surface area contributed by atoms with Gasteiger partial charge >= 0.3 is 0 Å². The zero-order valence-corrected chi connectivity index (χ0v) is 20.5. The number of rotatable bonds is 11. The summed E-state index contributed by atoms with van der Waals surface area (Å²) in [4.78, 5) is 29.7. The maximum atomic E-state index is 13.8. The number of nitrogens with one attached hydrogen (secondary N) is 1. The van der Waals surface area contributed by atoms with Crippen molar-refractivity contribution in [3.05, 3.63) is 82.6 Å². The van der Waals surface area contributed by atoms with Crippen LogP contribution in [0.1, 0.15) is 29.8 Å². The number of nitrogens with zero attached hydrogens (tertiary/aromatic N) is 1. The molecule has 0 fully saturated rings. The van der Waals surface area contributed by atoms with Crippen LogP contribution in [0.3, 0.4) is 0 Å². The predicted octanol–water partition coefficient (Wildman–Crippen LogP) is 4.20. The van der Waals surface area contributed by atoms with E-state index in [1.54, 1.807) is 17.0 Å². The molecule has 8 heteroatoms. The summed E-state index contributed by atoms with van der Waals surface area (Å²) in [6.45, 7) is 3.82. The van der Waals surface area contributed by atoms with Crippen molar-refractivity contribution < 1.29 is 23.8 Å². The van der Waals surface area contributed by atoms with Gasteiger partial charge in [-0.1, -0.05) is 48.5 Å². The number of ether oxygens (including phenoxy) is 3. The third kappa shape index (κ3) is 6.41. The van der Waals surface area contributed by atoms with Gasteiger partial charge in [-0.2, -0.15) is 0 Å². The Balaban J connectivity index is 1.56. The van der Waals surface area contributed by atoms with E-state index >= 15 is 0 Å². The highest BCUT2D eigenvalue weighted by molar-refractivity contribution is 7.10. The van der Waals surface area contributed by atoms with Gasteiger partial charge in [-0.15, -0.1) is 11.3 Å². The maximum Gasteiger partial charge on any atom is 0.268 e. The predicted molar refractivity (Wildman–Crippen MR) is 135 cm³/mol. The molecule has 2 heterocycles. The van der Waals surface area contributed by atoms with Gasteiger partial charge in [0.2, 0.25) is 12.0 Å². The molecule has 0 bridgehead atoms. The molecule has 1 N–H and O–H groups in total. The highest BCUT2D eigenvalue weighted by Crippen LogP contribution is 2.33. The summed E-state index contributed by atoms with van der Waals surface area (Å²) in [6.07, 6.45) is -0.251. The van der Waals surface area contributed by atoms with Gasteiger partial charge in [0, 0.05) is 31.2 Å². The first-order chi connectivity index (χ1) is 17.2. The Morgan fingerprint density at radius 2 is 1.86 bits per heavy atom. The Kier molecular flexibility index (Phi) is 8.75. The Morgan fingerprint density at radius 1 is 1.09 bits per heavy atom. The molecule has 0 aliphatic carbocycles. The van der Waals surface area contributed by atoms with Crippen LogP contribution in [0.15, 0.2) is 72.1 Å². The van der Waals surface area contributed by atoms with Crippen LogP contribution in [-0.4, -0.2) is 49.2 Å². The molecule has 2 aromatic carbocycles. The highest BCUT2D eigenvalue weighted by Gasteiger charge is 2.38. The fourth-order valence-electron chi connectivity index (χ4n) is 3.93. The lowest BCUT2D eigenvalue weighted by Crippen LogP contribution is -2.51. The number of thiophene rings is 1. The minimum Gasteiger partial charge on any atom is -0.485 e. The van der Waals surface area contributed by atoms with E-state index in [0.717, 1.165) is 10.4 Å². The molecule has 2 amide bonds. The lowest BCUT2D eigenvalue weighted by Gasteiger charge is -2.34. The van der Waals surface area contributed by atoms with E-state index in [-0.39, 0.29) is 18.4 Å². The smallest absolute Gasteiger partial charge is 0.268 e. The van der Waals surface area contributed by atoms with Crippen molar-refractivity contribution in [1.29, 1.82) is 0 Å². The number of carbonyl (C=O) groups excluding carboxylic acids is 2. The van der Waals surface area contributed by atoms with Crippen molar-refractivity contribution in [2.45, 2.75) is 32.0 Å². The van der Waals surface area contributed by atoms with E-state index < -0.39 is 12.1 Å². The van der Waals surface area contributed by atoms with Gasteiger partial charge in [-0.3, -0.25) is 9.59 Å². The first kappa shape index (κ1) is 24.8. The quantitative estimate of drug-likeness (QED) is 0.404. The number of para-hydroxylation sites is 2. The third-order valence-electron chi connectivity index (χ3n) is 5.64. The molecule has 35 heavy (non-hydrogen) atoms. The van der Waals surface area contributed by atoms with Gasteiger partial charge in [-0.25, -0.2) is 0 Å². The van der Waals surface area contributed by atoms with Crippen molar-refractivity contribution in [3.8, 4) is 11.5 Å². The van der Waals surface area contributed by atoms with Crippen LogP contribution in [0, 0.1) is 0 Å². The van der Waals surface area contributed by atoms with Crippen LogP contribution >= 0.6 is 11.3 Å². The summed E-state index contributed by atoms with van der Waals surface area (Å²) < 4.78 is 17.3. The minimum absolute atomic E-state index is 0.0839. The van der Waals surface area contributed by atoms with Gasteiger partial charge < -0.3 is 24.4 Å². The first-order valence-electron chi connectivity index (χ1n) is 11.8. The number of amides is 2. The van der Waals surface area contributed by atoms with Crippen molar-refractivity contribution in [1.82, 2.24) is 10.2 Å². The average Bonchev–Trinajstić information content (AvgIpc) is 3.43. The second-order valence-electron chi connectivity index (χ2n) is 8.07. The molecule has 2 unspecified atom stereocenters. The largest absolute Gasteiger partial charge is 0.485 e. The SMILES string of the molecule is CCOCCCN(C(=O)C1COc2ccccc2O1)C(C(=O)NCc1ccccc1)c1cccs1. The zero-order valence-electron chi connectivity index (χ0n) is 19.7. The molecule has 0 spiro atoms. The van der Waals surface area contributed by atoms with Crippen molar-refractivity contribution in [3.63, 3.8) is 0 Å². The van der Waals surface area contributed by atoms with Crippen LogP contribution in [0.5, 0.6) is 11.5 Å². The number of fused-ring (bicyclic) bond motifs is 1. The summed E-state index contributed by atoms with van der Waals surface area (Å²) in [5.41, 5.74) is 0.987. The second-order valence-corrected chi connectivity index (χ2v) is 9.05. The molecule has 0 saturated carbocycles. The summed E-state index contributed by atoms with van der Waals surface area (Å²) in [5.74, 6) is 0.602. The molecule has 0 radical (unpaired) electrons. The topological polar surface area (TPSA) is 77.1 Å². The Labute approximate surface area is 209 Å². The minimum atomic E-state index is -0.846. The lowest BCUT2D eigenvalue weighted by atomic mass is 10.1. The fraction of sp³-hybridized carbons (Fsp3) is 0.333. The molecular formula is C27H30N2O5S. The number of carbonyl (C=O) groups is 2. The van der Waals surface area contributed by atoms with Gasteiger partial charge in [0.15, 0.2) is 11.5 Å². The van der Waals surface area contributed by atoms with Crippen molar-refractivity contribution in [2.24, 2.45) is 0 Å². The number of hydrogen-bond donors (Lipinski definition) is 1. The van der Waals surface area contributed by atoms with E-state index in [1.807, 2.05) is 66.9 Å². The lowest BCUT2D eigenvalue weighted by molar-refractivity contribution is -0.148. The maximum absolute atomic E-state index is 13.8. The molecule has 3 aromatic rings. The monoisotopic (exact) mass is 494 g/mol. The molecule has 184 valence electrons. The first-order valence-corrected chi connectivity index (χ1v) is 12.7. The fourth-order valence-corrected chi connectivity index (χ4v) is 4.76. The third-order valence-corrected chi connectivity index (χ3v) is 6.57. The molecule has 0 saturated heterocycles. The number of hydrogen-bond acceptors (Lipinski definition) is 6. The molecule has 1 aliphatic heterocycles. The van der Waals surface area contributed by atoms with E-state index in [9.17, 15) is 9.59 Å². The van der Waals surface area contributed by atoms with Crippen LogP contribution in [0.25, 0.3) is 0 Å². The Bertz CT molecular complexity index is 1090. The summed E-state index contributed by atoms with van der Waals surface area (Å²) >= 11 is 1.45. The second kappa shape index (κ2) is 12.4. The van der Waals surface area contributed by atoms with Gasteiger partial charge in [-0.05, 0) is 42.5 Å². The molecule has 1 aliphatic rings.